The monoisotopic (exact) mass is 144 g/mol. The lowest BCUT2D eigenvalue weighted by molar-refractivity contribution is -0.0570. The molecule has 0 radical (unpaired) electrons. The average Bonchev–Trinajstić information content (AvgIpc) is 2.42. The normalized spacial score (nSPS) is 32.4. The Morgan fingerprint density at radius 2 is 2.00 bits per heavy atom. The molecule has 2 heteroatoms. The largest absolute Gasteiger partial charge is 0.344 e. The van der Waals surface area contributed by atoms with E-state index in [0.717, 1.165) is 6.42 Å². The van der Waals surface area contributed by atoms with Gasteiger partial charge in [0.2, 0.25) is 0 Å². The fraction of sp³-hybridized carbons (Fsp3) is 1.00. The summed E-state index contributed by atoms with van der Waals surface area (Å²) in [5.41, 5.74) is -0.0609. The molecule has 0 aromatic heterocycles. The number of ether oxygens (including phenoxy) is 2. The molecule has 1 rings (SSSR count). The standard InChI is InChI=1S/C8H16O2/c1-5-6-7(9-6)10-8(2,3)4/h6-7H,5H2,1-4H3. The van der Waals surface area contributed by atoms with Crippen molar-refractivity contribution >= 4 is 0 Å². The van der Waals surface area contributed by atoms with Crippen LogP contribution in [-0.2, 0) is 9.47 Å². The van der Waals surface area contributed by atoms with Gasteiger partial charge >= 0.3 is 0 Å². The molecule has 0 amide bonds. The predicted molar refractivity (Wildman–Crippen MR) is 39.8 cm³/mol. The van der Waals surface area contributed by atoms with E-state index in [1.807, 2.05) is 20.8 Å². The van der Waals surface area contributed by atoms with Crippen molar-refractivity contribution in [3.05, 3.63) is 0 Å². The fourth-order valence-electron chi connectivity index (χ4n) is 0.868. The molecule has 1 fully saturated rings. The summed E-state index contributed by atoms with van der Waals surface area (Å²) >= 11 is 0. The van der Waals surface area contributed by atoms with Gasteiger partial charge in [-0.25, -0.2) is 0 Å². The molecule has 2 nitrogen and oxygen atoms in total. The second kappa shape index (κ2) is 2.51. The summed E-state index contributed by atoms with van der Waals surface area (Å²) in [6.07, 6.45) is 1.49. The highest BCUT2D eigenvalue weighted by Gasteiger charge is 2.40. The zero-order valence-corrected chi connectivity index (χ0v) is 7.18. The predicted octanol–water partition coefficient (Wildman–Crippen LogP) is 1.94. The lowest BCUT2D eigenvalue weighted by Crippen LogP contribution is -2.21. The molecule has 2 unspecified atom stereocenters. The van der Waals surface area contributed by atoms with Gasteiger partial charge in [0.1, 0.15) is 6.10 Å². The van der Waals surface area contributed by atoms with E-state index in [-0.39, 0.29) is 11.9 Å². The molecule has 1 saturated heterocycles. The van der Waals surface area contributed by atoms with Crippen molar-refractivity contribution in [2.75, 3.05) is 0 Å². The van der Waals surface area contributed by atoms with E-state index in [1.54, 1.807) is 0 Å². The van der Waals surface area contributed by atoms with Crippen molar-refractivity contribution in [3.63, 3.8) is 0 Å². The number of hydrogen-bond donors (Lipinski definition) is 0. The Morgan fingerprint density at radius 1 is 1.40 bits per heavy atom. The molecular weight excluding hydrogens is 128 g/mol. The van der Waals surface area contributed by atoms with Gasteiger partial charge in [0.15, 0.2) is 6.29 Å². The molecule has 1 aliphatic heterocycles. The third-order valence-corrected chi connectivity index (χ3v) is 1.41. The number of rotatable bonds is 2. The summed E-state index contributed by atoms with van der Waals surface area (Å²) in [7, 11) is 0. The minimum Gasteiger partial charge on any atom is -0.344 e. The Hall–Kier alpha value is -0.0800. The van der Waals surface area contributed by atoms with Crippen LogP contribution in [0, 0.1) is 0 Å². The van der Waals surface area contributed by atoms with E-state index in [0.29, 0.717) is 6.10 Å². The lowest BCUT2D eigenvalue weighted by Gasteiger charge is -2.17. The van der Waals surface area contributed by atoms with Crippen LogP contribution in [0.1, 0.15) is 34.1 Å². The zero-order chi connectivity index (χ0) is 7.78. The molecule has 2 atom stereocenters. The summed E-state index contributed by atoms with van der Waals surface area (Å²) < 4.78 is 10.7. The maximum absolute atomic E-state index is 5.53. The number of hydrogen-bond acceptors (Lipinski definition) is 2. The Labute approximate surface area is 62.5 Å². The average molecular weight is 144 g/mol. The first kappa shape index (κ1) is 8.02. The van der Waals surface area contributed by atoms with Crippen LogP contribution >= 0.6 is 0 Å². The van der Waals surface area contributed by atoms with Crippen LogP contribution in [0.3, 0.4) is 0 Å². The maximum atomic E-state index is 5.53. The van der Waals surface area contributed by atoms with Crippen LogP contribution < -0.4 is 0 Å². The summed E-state index contributed by atoms with van der Waals surface area (Å²) in [6, 6.07) is 0. The van der Waals surface area contributed by atoms with Crippen LogP contribution in [0.2, 0.25) is 0 Å². The smallest absolute Gasteiger partial charge is 0.184 e. The molecule has 0 spiro atoms. The first-order valence-corrected chi connectivity index (χ1v) is 3.86. The Balaban J connectivity index is 2.18. The van der Waals surface area contributed by atoms with Crippen molar-refractivity contribution < 1.29 is 9.47 Å². The quantitative estimate of drug-likeness (QED) is 0.552. The van der Waals surface area contributed by atoms with Crippen LogP contribution in [0.4, 0.5) is 0 Å². The molecule has 1 heterocycles. The van der Waals surface area contributed by atoms with Gasteiger partial charge in [-0.15, -0.1) is 0 Å². The first-order chi connectivity index (χ1) is 4.53. The Kier molecular flexibility index (Phi) is 2.02. The highest BCUT2D eigenvalue weighted by atomic mass is 16.8. The molecule has 0 N–H and O–H groups in total. The highest BCUT2D eigenvalue weighted by molar-refractivity contribution is 4.77. The van der Waals surface area contributed by atoms with Crippen LogP contribution in [0.5, 0.6) is 0 Å². The van der Waals surface area contributed by atoms with Crippen LogP contribution in [-0.4, -0.2) is 18.0 Å². The van der Waals surface area contributed by atoms with Gasteiger partial charge in [0, 0.05) is 0 Å². The zero-order valence-electron chi connectivity index (χ0n) is 7.18. The summed E-state index contributed by atoms with van der Waals surface area (Å²) in [6.45, 7) is 8.24. The van der Waals surface area contributed by atoms with Crippen LogP contribution in [0.15, 0.2) is 0 Å². The fourth-order valence-corrected chi connectivity index (χ4v) is 0.868. The Morgan fingerprint density at radius 3 is 2.30 bits per heavy atom. The summed E-state index contributed by atoms with van der Waals surface area (Å²) in [5, 5.41) is 0. The van der Waals surface area contributed by atoms with E-state index >= 15 is 0 Å². The molecule has 0 aromatic rings. The molecule has 0 bridgehead atoms. The van der Waals surface area contributed by atoms with Crippen molar-refractivity contribution in [2.45, 2.75) is 52.1 Å². The van der Waals surface area contributed by atoms with Gasteiger partial charge in [-0.1, -0.05) is 6.92 Å². The first-order valence-electron chi connectivity index (χ1n) is 3.86. The second-order valence-corrected chi connectivity index (χ2v) is 3.68. The lowest BCUT2D eigenvalue weighted by atomic mass is 10.2. The van der Waals surface area contributed by atoms with Crippen molar-refractivity contribution in [1.82, 2.24) is 0 Å². The van der Waals surface area contributed by atoms with E-state index in [1.165, 1.54) is 0 Å². The van der Waals surface area contributed by atoms with Crippen LogP contribution in [0.25, 0.3) is 0 Å². The summed E-state index contributed by atoms with van der Waals surface area (Å²) in [4.78, 5) is 0. The molecule has 0 aliphatic carbocycles. The molecule has 0 aromatic carbocycles. The topological polar surface area (TPSA) is 21.8 Å². The van der Waals surface area contributed by atoms with Crippen molar-refractivity contribution in [1.29, 1.82) is 0 Å². The van der Waals surface area contributed by atoms with E-state index < -0.39 is 0 Å². The highest BCUT2D eigenvalue weighted by Crippen LogP contribution is 2.29. The van der Waals surface area contributed by atoms with E-state index in [2.05, 4.69) is 6.92 Å². The third kappa shape index (κ3) is 2.27. The molecule has 10 heavy (non-hydrogen) atoms. The van der Waals surface area contributed by atoms with Gasteiger partial charge in [0.05, 0.1) is 5.60 Å². The third-order valence-electron chi connectivity index (χ3n) is 1.41. The Bertz CT molecular complexity index is 115. The van der Waals surface area contributed by atoms with Crippen molar-refractivity contribution in [3.8, 4) is 0 Å². The van der Waals surface area contributed by atoms with Gasteiger partial charge in [-0.3, -0.25) is 0 Å². The van der Waals surface area contributed by atoms with Gasteiger partial charge < -0.3 is 9.47 Å². The molecule has 0 saturated carbocycles. The molecule has 60 valence electrons. The SMILES string of the molecule is CCC1OC1OC(C)(C)C. The van der Waals surface area contributed by atoms with Gasteiger partial charge in [-0.2, -0.15) is 0 Å². The number of epoxide rings is 1. The molecule has 1 aliphatic rings. The molecular formula is C8H16O2. The van der Waals surface area contributed by atoms with E-state index in [9.17, 15) is 0 Å². The maximum Gasteiger partial charge on any atom is 0.184 e. The van der Waals surface area contributed by atoms with Gasteiger partial charge in [0.25, 0.3) is 0 Å². The van der Waals surface area contributed by atoms with Gasteiger partial charge in [-0.05, 0) is 27.2 Å². The summed E-state index contributed by atoms with van der Waals surface area (Å²) in [5.74, 6) is 0. The minimum atomic E-state index is -0.0609. The minimum absolute atomic E-state index is 0.0609. The van der Waals surface area contributed by atoms with Crippen molar-refractivity contribution in [2.24, 2.45) is 0 Å². The second-order valence-electron chi connectivity index (χ2n) is 3.68. The van der Waals surface area contributed by atoms with E-state index in [4.69, 9.17) is 9.47 Å².